The van der Waals surface area contributed by atoms with E-state index < -0.39 is 10.0 Å². The zero-order chi connectivity index (χ0) is 3.41. The first-order chi connectivity index (χ1) is 1.91. The summed E-state index contributed by atoms with van der Waals surface area (Å²) in [6.45, 7) is 0. The lowest BCUT2D eigenvalue weighted by atomic mass is 13.9. The van der Waals surface area contributed by atoms with E-state index in [-0.39, 0.29) is 0 Å². The lowest BCUT2D eigenvalue weighted by molar-refractivity contribution is 0.858. The van der Waals surface area contributed by atoms with Crippen molar-refractivity contribution in [3.8, 4) is 0 Å². The lowest BCUT2D eigenvalue weighted by Gasteiger charge is -1.70. The van der Waals surface area contributed by atoms with Crippen LogP contribution in [-0.4, -0.2) is 20.4 Å². The summed E-state index contributed by atoms with van der Waals surface area (Å²) in [5.41, 5.74) is 0. The molecule has 4 heavy (non-hydrogen) atoms. The summed E-state index contributed by atoms with van der Waals surface area (Å²) < 4.78 is 13.3. The minimum absolute atomic E-state index is 0.826. The summed E-state index contributed by atoms with van der Waals surface area (Å²) >= 11 is 0. The molecular weight excluding hydrogens is 89.2 g/mol. The van der Waals surface area contributed by atoms with E-state index in [4.69, 9.17) is 0 Å². The molecule has 0 saturated carbocycles. The van der Waals surface area contributed by atoms with Crippen LogP contribution in [0.15, 0.2) is 0 Å². The summed E-state index contributed by atoms with van der Waals surface area (Å²) in [5, 5.41) is 0. The number of halogens is 1. The standard InChI is InChI=1S/FH6NSi2/c1-4-2-3/h2H,4H2,3H3. The third kappa shape index (κ3) is 2.32. The molecule has 0 aliphatic rings. The van der Waals surface area contributed by atoms with E-state index >= 15 is 0 Å². The highest BCUT2D eigenvalue weighted by atomic mass is 28.3. The van der Waals surface area contributed by atoms with Gasteiger partial charge in [-0.15, -0.1) is 0 Å². The Hall–Kier alpha value is 0.324. The molecule has 0 amide bonds. The number of hydrogen-bond donors (Lipinski definition) is 1. The molecule has 0 aromatic carbocycles. The van der Waals surface area contributed by atoms with Gasteiger partial charge >= 0.3 is 0 Å². The highest BCUT2D eigenvalue weighted by Gasteiger charge is 1.59. The molecule has 0 saturated heterocycles. The molecule has 26 valence electrons. The highest BCUT2D eigenvalue weighted by Crippen LogP contribution is 1.36. The van der Waals surface area contributed by atoms with Crippen molar-refractivity contribution >= 4 is 20.4 Å². The third-order valence-electron chi connectivity index (χ3n) is 0.134. The van der Waals surface area contributed by atoms with Gasteiger partial charge in [-0.3, -0.25) is 0 Å². The molecule has 0 heterocycles. The predicted molar refractivity (Wildman–Crippen MR) is 22.7 cm³/mol. The molecule has 1 nitrogen and oxygen atoms in total. The largest absolute Gasteiger partial charge is 0.347 e. The molecule has 0 bridgehead atoms. The van der Waals surface area contributed by atoms with Crippen LogP contribution in [0.2, 0.25) is 0 Å². The first kappa shape index (κ1) is 4.32. The number of hydrogen-bond acceptors (Lipinski definition) is 1. The maximum Gasteiger partial charge on any atom is 0.282 e. The number of rotatable bonds is 1. The van der Waals surface area contributed by atoms with E-state index in [2.05, 4.69) is 4.65 Å². The van der Waals surface area contributed by atoms with Crippen LogP contribution in [0.25, 0.3) is 0 Å². The molecule has 0 radical (unpaired) electrons. The maximum absolute atomic E-state index is 10.8. The predicted octanol–water partition coefficient (Wildman–Crippen LogP) is -2.18. The van der Waals surface area contributed by atoms with Gasteiger partial charge in [-0.2, -0.15) is 0 Å². The van der Waals surface area contributed by atoms with E-state index in [9.17, 15) is 4.11 Å². The Balaban J connectivity index is 1.97. The van der Waals surface area contributed by atoms with Crippen molar-refractivity contribution in [1.29, 1.82) is 0 Å². The summed E-state index contributed by atoms with van der Waals surface area (Å²) in [5.74, 6) is 0. The molecule has 0 aromatic heterocycles. The first-order valence-electron chi connectivity index (χ1n) is 1.12. The molecule has 4 heteroatoms. The SMILES string of the molecule is F[SiH2]N[SiH3]. The average Bonchev–Trinajstić information content (AvgIpc) is 1.37. The lowest BCUT2D eigenvalue weighted by Crippen LogP contribution is -2.07. The van der Waals surface area contributed by atoms with Gasteiger partial charge in [-0.1, -0.05) is 0 Å². The molecule has 0 rings (SSSR count). The summed E-state index contributed by atoms with van der Waals surface area (Å²) in [4.78, 5) is 0. The Labute approximate surface area is 30.2 Å². The van der Waals surface area contributed by atoms with E-state index in [0.29, 0.717) is 0 Å². The molecule has 0 aliphatic carbocycles. The van der Waals surface area contributed by atoms with Crippen molar-refractivity contribution in [2.75, 3.05) is 0 Å². The molecule has 1 N–H and O–H groups in total. The molecule has 0 atom stereocenters. The molecule has 0 aromatic rings. The fourth-order valence-electron chi connectivity index (χ4n) is 0. The van der Waals surface area contributed by atoms with E-state index in [1.54, 1.807) is 0 Å². The van der Waals surface area contributed by atoms with Gasteiger partial charge in [-0.25, -0.2) is 0 Å². The van der Waals surface area contributed by atoms with Crippen LogP contribution in [0.5, 0.6) is 0 Å². The van der Waals surface area contributed by atoms with Gasteiger partial charge in [0, 0.05) is 0 Å². The number of nitrogens with one attached hydrogen (secondary N) is 1. The van der Waals surface area contributed by atoms with Gasteiger partial charge in [0.25, 0.3) is 10.0 Å². The zero-order valence-electron chi connectivity index (χ0n) is 2.59. The summed E-state index contributed by atoms with van der Waals surface area (Å²) in [6, 6.07) is 0. The van der Waals surface area contributed by atoms with Crippen LogP contribution in [0, 0.1) is 0 Å². The molecule has 0 unspecified atom stereocenters. The van der Waals surface area contributed by atoms with E-state index in [1.807, 2.05) is 0 Å². The minimum atomic E-state index is -1.26. The first-order valence-corrected chi connectivity index (χ1v) is 3.36. The Morgan fingerprint density at radius 2 is 2.25 bits per heavy atom. The quantitative estimate of drug-likeness (QED) is 0.288. The van der Waals surface area contributed by atoms with Crippen LogP contribution in [0.4, 0.5) is 4.11 Å². The van der Waals surface area contributed by atoms with Gasteiger partial charge < -0.3 is 8.76 Å². The van der Waals surface area contributed by atoms with Crippen molar-refractivity contribution in [2.24, 2.45) is 0 Å². The maximum atomic E-state index is 10.8. The third-order valence-corrected chi connectivity index (χ3v) is 1.20. The highest BCUT2D eigenvalue weighted by molar-refractivity contribution is 6.35. The molecule has 0 aliphatic heterocycles. The van der Waals surface area contributed by atoms with Crippen molar-refractivity contribution in [2.45, 2.75) is 0 Å². The topological polar surface area (TPSA) is 12.0 Å². The normalized spacial score (nSPS) is 11.2. The Morgan fingerprint density at radius 1 is 2.00 bits per heavy atom. The summed E-state index contributed by atoms with van der Waals surface area (Å²) in [6.07, 6.45) is 0. The van der Waals surface area contributed by atoms with Crippen LogP contribution in [0.1, 0.15) is 0 Å². The Morgan fingerprint density at radius 3 is 2.25 bits per heavy atom. The molecular formula is H6FNSi2. The van der Waals surface area contributed by atoms with Crippen LogP contribution < -0.4 is 4.65 Å². The van der Waals surface area contributed by atoms with E-state index in [0.717, 1.165) is 10.4 Å². The van der Waals surface area contributed by atoms with Crippen molar-refractivity contribution in [3.63, 3.8) is 0 Å². The second kappa shape index (κ2) is 3.32. The van der Waals surface area contributed by atoms with Crippen molar-refractivity contribution in [3.05, 3.63) is 0 Å². The van der Waals surface area contributed by atoms with Gasteiger partial charge in [-0.05, 0) is 0 Å². The van der Waals surface area contributed by atoms with Crippen LogP contribution in [-0.2, 0) is 0 Å². The van der Waals surface area contributed by atoms with Crippen molar-refractivity contribution < 1.29 is 4.11 Å². The monoisotopic (exact) mass is 95.0 g/mol. The fourth-order valence-corrected chi connectivity index (χ4v) is 0. The molecule has 0 fully saturated rings. The second-order valence-electron chi connectivity index (χ2n) is 0.487. The van der Waals surface area contributed by atoms with Gasteiger partial charge in [0.2, 0.25) is 0 Å². The second-order valence-corrected chi connectivity index (χ2v) is 3.58. The molecule has 0 spiro atoms. The van der Waals surface area contributed by atoms with Gasteiger partial charge in [0.05, 0.1) is 10.4 Å². The van der Waals surface area contributed by atoms with Crippen LogP contribution in [0.3, 0.4) is 0 Å². The smallest absolute Gasteiger partial charge is 0.282 e. The van der Waals surface area contributed by atoms with Gasteiger partial charge in [0.1, 0.15) is 0 Å². The average molecular weight is 95.2 g/mol. The van der Waals surface area contributed by atoms with Gasteiger partial charge in [0.15, 0.2) is 0 Å². The Bertz CT molecular complexity index is 8.00. The minimum Gasteiger partial charge on any atom is -0.347 e. The summed E-state index contributed by atoms with van der Waals surface area (Å²) in [7, 11) is -0.437. The zero-order valence-corrected chi connectivity index (χ0v) is 6.00. The fraction of sp³-hybridized carbons (Fsp3) is 0. The Kier molecular flexibility index (Phi) is 3.59. The van der Waals surface area contributed by atoms with Crippen LogP contribution >= 0.6 is 0 Å². The van der Waals surface area contributed by atoms with E-state index in [1.165, 1.54) is 0 Å². The van der Waals surface area contributed by atoms with Crippen molar-refractivity contribution in [1.82, 2.24) is 4.65 Å².